The van der Waals surface area contributed by atoms with E-state index in [4.69, 9.17) is 19.4 Å². The van der Waals surface area contributed by atoms with Crippen molar-refractivity contribution in [3.63, 3.8) is 0 Å². The molecule has 4 aromatic heterocycles. The summed E-state index contributed by atoms with van der Waals surface area (Å²) in [6.45, 7) is 0. The lowest BCUT2D eigenvalue weighted by atomic mass is 10.0. The van der Waals surface area contributed by atoms with Gasteiger partial charge in [0.1, 0.15) is 5.58 Å². The second-order valence-corrected chi connectivity index (χ2v) is 17.8. The fraction of sp³-hybridized carbons (Fsp3) is 0. The van der Waals surface area contributed by atoms with Gasteiger partial charge in [0.15, 0.2) is 23.1 Å². The Morgan fingerprint density at radius 2 is 0.908 bits per heavy atom. The predicted octanol–water partition coefficient (Wildman–Crippen LogP) is 16.2. The van der Waals surface area contributed by atoms with E-state index in [1.54, 1.807) is 11.3 Å². The zero-order chi connectivity index (χ0) is 42.6. The fourth-order valence-corrected chi connectivity index (χ4v) is 11.0. The highest BCUT2D eigenvalue weighted by Gasteiger charge is 2.24. The first kappa shape index (κ1) is 36.1. The van der Waals surface area contributed by atoms with E-state index in [2.05, 4.69) is 199 Å². The Bertz CT molecular complexity index is 4150. The van der Waals surface area contributed by atoms with Gasteiger partial charge in [0.2, 0.25) is 0 Å². The van der Waals surface area contributed by atoms with Crippen LogP contribution >= 0.6 is 11.3 Å². The van der Waals surface area contributed by atoms with Crippen molar-refractivity contribution in [3.8, 4) is 51.0 Å². The van der Waals surface area contributed by atoms with Crippen LogP contribution in [0.4, 0.5) is 0 Å². The number of para-hydroxylation sites is 1. The molecule has 14 aromatic rings. The molecular formula is C59H34N4OS. The first-order valence-corrected chi connectivity index (χ1v) is 22.6. The molecule has 0 atom stereocenters. The number of benzene rings is 10. The molecule has 0 unspecified atom stereocenters. The van der Waals surface area contributed by atoms with Gasteiger partial charge in [0.25, 0.3) is 0 Å². The van der Waals surface area contributed by atoms with E-state index in [0.29, 0.717) is 17.5 Å². The SMILES string of the molecule is c1ccc(-c2ccc(-c3nc(-c4ccc5c(c4)sc4ccccc45)nc(-c4ccc(-n5c6cc7ccccc7cc6c6cc7ccccc7cc65)c5oc6ccccc6c45)n3)cc2)cc1. The molecule has 0 N–H and O–H groups in total. The van der Waals surface area contributed by atoms with Crippen molar-refractivity contribution in [3.05, 3.63) is 206 Å². The topological polar surface area (TPSA) is 56.7 Å². The average molecular weight is 847 g/mol. The highest BCUT2D eigenvalue weighted by atomic mass is 32.1. The van der Waals surface area contributed by atoms with Gasteiger partial charge in [-0.1, -0.05) is 152 Å². The molecule has 0 saturated carbocycles. The monoisotopic (exact) mass is 846 g/mol. The number of thiophene rings is 1. The van der Waals surface area contributed by atoms with Gasteiger partial charge < -0.3 is 8.98 Å². The average Bonchev–Trinajstić information content (AvgIpc) is 4.04. The molecule has 302 valence electrons. The summed E-state index contributed by atoms with van der Waals surface area (Å²) in [5.41, 5.74) is 9.76. The van der Waals surface area contributed by atoms with Gasteiger partial charge in [-0.25, -0.2) is 15.0 Å². The van der Waals surface area contributed by atoms with Crippen LogP contribution in [0, 0.1) is 0 Å². The van der Waals surface area contributed by atoms with Crippen LogP contribution in [0.25, 0.3) is 136 Å². The van der Waals surface area contributed by atoms with Crippen LogP contribution in [-0.2, 0) is 0 Å². The summed E-state index contributed by atoms with van der Waals surface area (Å²) >= 11 is 1.79. The van der Waals surface area contributed by atoms with Crippen molar-refractivity contribution < 1.29 is 4.42 Å². The second-order valence-electron chi connectivity index (χ2n) is 16.8. The number of rotatable bonds is 5. The smallest absolute Gasteiger partial charge is 0.164 e. The highest BCUT2D eigenvalue weighted by molar-refractivity contribution is 7.25. The van der Waals surface area contributed by atoms with E-state index in [-0.39, 0.29) is 0 Å². The Balaban J connectivity index is 1.03. The molecule has 0 bridgehead atoms. The van der Waals surface area contributed by atoms with Gasteiger partial charge >= 0.3 is 0 Å². The normalized spacial score (nSPS) is 12.0. The third-order valence-electron chi connectivity index (χ3n) is 13.0. The third kappa shape index (κ3) is 5.67. The summed E-state index contributed by atoms with van der Waals surface area (Å²) in [6.07, 6.45) is 0. The van der Waals surface area contributed by atoms with Gasteiger partial charge in [-0.3, -0.25) is 0 Å². The summed E-state index contributed by atoms with van der Waals surface area (Å²) in [7, 11) is 0. The predicted molar refractivity (Wildman–Crippen MR) is 271 cm³/mol. The highest BCUT2D eigenvalue weighted by Crippen LogP contribution is 2.44. The van der Waals surface area contributed by atoms with Gasteiger partial charge in [0, 0.05) is 58.4 Å². The molecule has 0 spiro atoms. The van der Waals surface area contributed by atoms with Crippen molar-refractivity contribution in [1.29, 1.82) is 0 Å². The van der Waals surface area contributed by atoms with Gasteiger partial charge in [-0.2, -0.15) is 0 Å². The lowest BCUT2D eigenvalue weighted by Gasteiger charge is -2.13. The first-order valence-electron chi connectivity index (χ1n) is 21.8. The van der Waals surface area contributed by atoms with Crippen LogP contribution in [0.3, 0.4) is 0 Å². The summed E-state index contributed by atoms with van der Waals surface area (Å²) in [6, 6.07) is 73.3. The Kier molecular flexibility index (Phi) is 7.79. The molecule has 10 aromatic carbocycles. The van der Waals surface area contributed by atoms with Crippen molar-refractivity contribution in [2.75, 3.05) is 0 Å². The maximum atomic E-state index is 7.01. The Hall–Kier alpha value is -8.45. The van der Waals surface area contributed by atoms with Crippen LogP contribution in [-0.4, -0.2) is 19.5 Å². The van der Waals surface area contributed by atoms with Crippen LogP contribution in [0.1, 0.15) is 0 Å². The van der Waals surface area contributed by atoms with E-state index in [1.807, 2.05) is 12.1 Å². The van der Waals surface area contributed by atoms with Gasteiger partial charge in [-0.05, 0) is 87.3 Å². The molecule has 0 saturated heterocycles. The summed E-state index contributed by atoms with van der Waals surface area (Å²) in [4.78, 5) is 15.9. The van der Waals surface area contributed by atoms with Crippen molar-refractivity contribution in [2.24, 2.45) is 0 Å². The van der Waals surface area contributed by atoms with E-state index >= 15 is 0 Å². The van der Waals surface area contributed by atoms with Gasteiger partial charge in [-0.15, -0.1) is 11.3 Å². The van der Waals surface area contributed by atoms with E-state index in [9.17, 15) is 0 Å². The minimum absolute atomic E-state index is 0.580. The number of hydrogen-bond donors (Lipinski definition) is 0. The molecule has 14 rings (SSSR count). The van der Waals surface area contributed by atoms with Gasteiger partial charge in [0.05, 0.1) is 16.7 Å². The fourth-order valence-electron chi connectivity index (χ4n) is 9.89. The van der Waals surface area contributed by atoms with Crippen molar-refractivity contribution in [1.82, 2.24) is 19.5 Å². The lowest BCUT2D eigenvalue weighted by Crippen LogP contribution is -2.01. The van der Waals surface area contributed by atoms with Crippen LogP contribution in [0.2, 0.25) is 0 Å². The summed E-state index contributed by atoms with van der Waals surface area (Å²) < 4.78 is 11.9. The Labute approximate surface area is 376 Å². The minimum atomic E-state index is 0.580. The molecule has 0 amide bonds. The minimum Gasteiger partial charge on any atom is -0.454 e. The molecule has 5 nitrogen and oxygen atoms in total. The number of furan rings is 1. The van der Waals surface area contributed by atoms with Crippen molar-refractivity contribution in [2.45, 2.75) is 0 Å². The number of fused-ring (bicyclic) bond motifs is 11. The van der Waals surface area contributed by atoms with Crippen LogP contribution < -0.4 is 0 Å². The number of nitrogens with zero attached hydrogens (tertiary/aromatic N) is 4. The van der Waals surface area contributed by atoms with E-state index in [0.717, 1.165) is 66.5 Å². The maximum absolute atomic E-state index is 7.01. The first-order chi connectivity index (χ1) is 32.2. The standard InChI is InChI=1S/C59H34N4OS/c1-2-12-35(13-3-1)36-22-24-37(25-23-36)57-60-58(42-26-27-44-43-18-9-11-21-53(43)65-54(44)34-42)62-59(61-57)46-28-29-49(56-55(46)45-19-8-10-20-52(45)64-56)63-50-32-40-16-6-4-14-38(40)30-47(50)48-31-39-15-5-7-17-41(39)33-51(48)63/h1-34H. The lowest BCUT2D eigenvalue weighted by molar-refractivity contribution is 0.666. The van der Waals surface area contributed by atoms with E-state index in [1.165, 1.54) is 52.5 Å². The third-order valence-corrected chi connectivity index (χ3v) is 14.1. The summed E-state index contributed by atoms with van der Waals surface area (Å²) in [5.74, 6) is 1.80. The molecule has 0 fully saturated rings. The van der Waals surface area contributed by atoms with Crippen molar-refractivity contribution >= 4 is 96.8 Å². The Morgan fingerprint density at radius 1 is 0.369 bits per heavy atom. The molecule has 4 heterocycles. The molecule has 0 radical (unpaired) electrons. The maximum Gasteiger partial charge on any atom is 0.164 e. The van der Waals surface area contributed by atoms with E-state index < -0.39 is 0 Å². The summed E-state index contributed by atoms with van der Waals surface area (Å²) in [5, 5.41) is 11.6. The molecular weight excluding hydrogens is 813 g/mol. The second kappa shape index (κ2) is 14.0. The zero-order valence-electron chi connectivity index (χ0n) is 34.7. The number of aromatic nitrogens is 4. The molecule has 0 aliphatic carbocycles. The van der Waals surface area contributed by atoms with Crippen LogP contribution in [0.15, 0.2) is 211 Å². The molecule has 6 heteroatoms. The largest absolute Gasteiger partial charge is 0.454 e. The van der Waals surface area contributed by atoms with Crippen LogP contribution in [0.5, 0.6) is 0 Å². The molecule has 0 aliphatic heterocycles. The molecule has 0 aliphatic rings. The number of hydrogen-bond acceptors (Lipinski definition) is 5. The Morgan fingerprint density at radius 3 is 1.63 bits per heavy atom. The zero-order valence-corrected chi connectivity index (χ0v) is 35.6. The quantitative estimate of drug-likeness (QED) is 0.173. The molecule has 65 heavy (non-hydrogen) atoms.